The molecule has 0 bridgehead atoms. The van der Waals surface area contributed by atoms with Crippen LogP contribution in [0.5, 0.6) is 0 Å². The first kappa shape index (κ1) is 18.2. The zero-order valence-electron chi connectivity index (χ0n) is 15.8. The minimum atomic E-state index is 0.0975. The van der Waals surface area contributed by atoms with Gasteiger partial charge in [0.2, 0.25) is 0 Å². The number of hydrogen-bond donors (Lipinski definition) is 1. The van der Waals surface area contributed by atoms with Gasteiger partial charge in [0.15, 0.2) is 0 Å². The van der Waals surface area contributed by atoms with E-state index in [-0.39, 0.29) is 12.0 Å². The van der Waals surface area contributed by atoms with Crippen molar-refractivity contribution >= 4 is 5.91 Å². The van der Waals surface area contributed by atoms with Gasteiger partial charge < -0.3 is 14.5 Å². The number of H-pyrrole nitrogens is 1. The molecule has 1 aromatic carbocycles. The van der Waals surface area contributed by atoms with E-state index in [1.165, 1.54) is 19.3 Å². The summed E-state index contributed by atoms with van der Waals surface area (Å²) in [5, 5.41) is 6.93. The first-order chi connectivity index (χ1) is 13.3. The molecule has 6 nitrogen and oxygen atoms in total. The van der Waals surface area contributed by atoms with Crippen molar-refractivity contribution in [3.05, 3.63) is 42.1 Å². The standard InChI is InChI=1S/C21H28N4O2/c26-21(18-7-5-17(6-8-18)20-9-10-22-23-20)25-13-4-14-27-19(16-25)15-24-11-2-1-3-12-24/h5-10,19H,1-4,11-16H2,(H,22,23). The molecule has 0 saturated carbocycles. The van der Waals surface area contributed by atoms with Crippen molar-refractivity contribution in [3.8, 4) is 11.3 Å². The summed E-state index contributed by atoms with van der Waals surface area (Å²) in [5.41, 5.74) is 2.72. The summed E-state index contributed by atoms with van der Waals surface area (Å²) in [6.07, 6.45) is 6.62. The van der Waals surface area contributed by atoms with Crippen molar-refractivity contribution in [2.75, 3.05) is 39.3 Å². The molecule has 1 unspecified atom stereocenters. The van der Waals surface area contributed by atoms with Crippen LogP contribution in [0.25, 0.3) is 11.3 Å². The van der Waals surface area contributed by atoms with Gasteiger partial charge in [-0.15, -0.1) is 0 Å². The summed E-state index contributed by atoms with van der Waals surface area (Å²) in [6, 6.07) is 9.68. The molecule has 1 amide bonds. The molecule has 2 aliphatic heterocycles. The smallest absolute Gasteiger partial charge is 0.253 e. The highest BCUT2D eigenvalue weighted by molar-refractivity contribution is 5.94. The maximum atomic E-state index is 13.0. The van der Waals surface area contributed by atoms with Crippen LogP contribution in [-0.4, -0.2) is 71.3 Å². The predicted octanol–water partition coefficient (Wildman–Crippen LogP) is 2.79. The Morgan fingerprint density at radius 2 is 1.89 bits per heavy atom. The third kappa shape index (κ3) is 4.57. The third-order valence-electron chi connectivity index (χ3n) is 5.49. The number of ether oxygens (including phenoxy) is 1. The number of hydrogen-bond acceptors (Lipinski definition) is 4. The number of aromatic nitrogens is 2. The quantitative estimate of drug-likeness (QED) is 0.901. The molecule has 0 radical (unpaired) electrons. The van der Waals surface area contributed by atoms with Gasteiger partial charge in [-0.05, 0) is 56.1 Å². The normalized spacial score (nSPS) is 21.8. The molecule has 1 atom stereocenters. The number of rotatable bonds is 4. The SMILES string of the molecule is O=C(c1ccc(-c2ccn[nH]2)cc1)N1CCCOC(CN2CCCCC2)C1. The van der Waals surface area contributed by atoms with Gasteiger partial charge in [-0.1, -0.05) is 18.6 Å². The van der Waals surface area contributed by atoms with Crippen LogP contribution in [0.3, 0.4) is 0 Å². The molecular formula is C21H28N4O2. The number of piperidine rings is 1. The van der Waals surface area contributed by atoms with E-state index in [1.807, 2.05) is 35.2 Å². The molecule has 144 valence electrons. The Kier molecular flexibility index (Phi) is 5.84. The molecule has 1 aromatic heterocycles. The number of aromatic amines is 1. The average Bonchev–Trinajstić information content (AvgIpc) is 3.15. The topological polar surface area (TPSA) is 61.5 Å². The van der Waals surface area contributed by atoms with Crippen molar-refractivity contribution in [1.82, 2.24) is 20.0 Å². The maximum Gasteiger partial charge on any atom is 0.253 e. The lowest BCUT2D eigenvalue weighted by Crippen LogP contribution is -2.43. The van der Waals surface area contributed by atoms with Crippen molar-refractivity contribution in [1.29, 1.82) is 0 Å². The Balaban J connectivity index is 1.40. The fourth-order valence-electron chi connectivity index (χ4n) is 4.01. The lowest BCUT2D eigenvalue weighted by Gasteiger charge is -2.31. The lowest BCUT2D eigenvalue weighted by atomic mass is 10.1. The number of nitrogens with one attached hydrogen (secondary N) is 1. The van der Waals surface area contributed by atoms with Crippen molar-refractivity contribution in [2.45, 2.75) is 31.8 Å². The van der Waals surface area contributed by atoms with Crippen molar-refractivity contribution in [2.24, 2.45) is 0 Å². The molecule has 4 rings (SSSR count). The number of likely N-dealkylation sites (tertiary alicyclic amines) is 1. The number of benzene rings is 1. The summed E-state index contributed by atoms with van der Waals surface area (Å²) in [6.45, 7) is 5.42. The number of carbonyl (C=O) groups is 1. The summed E-state index contributed by atoms with van der Waals surface area (Å²) < 4.78 is 6.04. The molecule has 2 saturated heterocycles. The zero-order chi connectivity index (χ0) is 18.5. The Hall–Kier alpha value is -2.18. The van der Waals surface area contributed by atoms with Gasteiger partial charge in [0.25, 0.3) is 5.91 Å². The minimum Gasteiger partial charge on any atom is -0.375 e. The van der Waals surface area contributed by atoms with Crippen LogP contribution in [-0.2, 0) is 4.74 Å². The van der Waals surface area contributed by atoms with Crippen LogP contribution >= 0.6 is 0 Å². The summed E-state index contributed by atoms with van der Waals surface area (Å²) >= 11 is 0. The van der Waals surface area contributed by atoms with Crippen LogP contribution in [0.2, 0.25) is 0 Å². The average molecular weight is 368 g/mol. The van der Waals surface area contributed by atoms with Gasteiger partial charge in [-0.2, -0.15) is 5.10 Å². The fraction of sp³-hybridized carbons (Fsp3) is 0.524. The monoisotopic (exact) mass is 368 g/mol. The van der Waals surface area contributed by atoms with Gasteiger partial charge in [-0.3, -0.25) is 9.89 Å². The molecule has 6 heteroatoms. The van der Waals surface area contributed by atoms with Crippen LogP contribution in [0.4, 0.5) is 0 Å². The van der Waals surface area contributed by atoms with E-state index in [4.69, 9.17) is 4.74 Å². The highest BCUT2D eigenvalue weighted by Crippen LogP contribution is 2.19. The lowest BCUT2D eigenvalue weighted by molar-refractivity contribution is 0.0216. The van der Waals surface area contributed by atoms with E-state index in [0.29, 0.717) is 6.54 Å². The van der Waals surface area contributed by atoms with E-state index in [9.17, 15) is 4.79 Å². The van der Waals surface area contributed by atoms with E-state index in [0.717, 1.165) is 56.0 Å². The number of amides is 1. The molecule has 0 aliphatic carbocycles. The molecule has 27 heavy (non-hydrogen) atoms. The molecular weight excluding hydrogens is 340 g/mol. The first-order valence-corrected chi connectivity index (χ1v) is 10.0. The Morgan fingerprint density at radius 3 is 2.63 bits per heavy atom. The zero-order valence-corrected chi connectivity index (χ0v) is 15.8. The van der Waals surface area contributed by atoms with Gasteiger partial charge in [0.05, 0.1) is 11.8 Å². The van der Waals surface area contributed by atoms with Gasteiger partial charge in [0, 0.05) is 38.0 Å². The first-order valence-electron chi connectivity index (χ1n) is 10.0. The van der Waals surface area contributed by atoms with Crippen molar-refractivity contribution in [3.63, 3.8) is 0 Å². The van der Waals surface area contributed by atoms with Crippen LogP contribution in [0, 0.1) is 0 Å². The van der Waals surface area contributed by atoms with Gasteiger partial charge in [-0.25, -0.2) is 0 Å². The third-order valence-corrected chi connectivity index (χ3v) is 5.49. The summed E-state index contributed by atoms with van der Waals surface area (Å²) in [7, 11) is 0. The van der Waals surface area contributed by atoms with Crippen LogP contribution in [0.15, 0.2) is 36.5 Å². The highest BCUT2D eigenvalue weighted by Gasteiger charge is 2.25. The van der Waals surface area contributed by atoms with E-state index < -0.39 is 0 Å². The fourth-order valence-corrected chi connectivity index (χ4v) is 4.01. The molecule has 0 spiro atoms. The second-order valence-corrected chi connectivity index (χ2v) is 7.51. The van der Waals surface area contributed by atoms with Gasteiger partial charge in [0.1, 0.15) is 0 Å². The maximum absolute atomic E-state index is 13.0. The predicted molar refractivity (Wildman–Crippen MR) is 105 cm³/mol. The van der Waals surface area contributed by atoms with Gasteiger partial charge >= 0.3 is 0 Å². The number of nitrogens with zero attached hydrogens (tertiary/aromatic N) is 3. The molecule has 2 aliphatic rings. The molecule has 2 aromatic rings. The summed E-state index contributed by atoms with van der Waals surface area (Å²) in [4.78, 5) is 17.5. The van der Waals surface area contributed by atoms with E-state index in [1.54, 1.807) is 6.20 Å². The summed E-state index contributed by atoms with van der Waals surface area (Å²) in [5.74, 6) is 0.0975. The molecule has 1 N–H and O–H groups in total. The highest BCUT2D eigenvalue weighted by atomic mass is 16.5. The van der Waals surface area contributed by atoms with E-state index in [2.05, 4.69) is 15.1 Å². The minimum absolute atomic E-state index is 0.0975. The van der Waals surface area contributed by atoms with Crippen molar-refractivity contribution < 1.29 is 9.53 Å². The number of carbonyl (C=O) groups excluding carboxylic acids is 1. The Morgan fingerprint density at radius 1 is 1.07 bits per heavy atom. The molecule has 3 heterocycles. The Labute approximate surface area is 160 Å². The van der Waals surface area contributed by atoms with Crippen LogP contribution < -0.4 is 0 Å². The second-order valence-electron chi connectivity index (χ2n) is 7.51. The molecule has 2 fully saturated rings. The van der Waals surface area contributed by atoms with Crippen LogP contribution in [0.1, 0.15) is 36.0 Å². The van der Waals surface area contributed by atoms with E-state index >= 15 is 0 Å². The Bertz CT molecular complexity index is 723. The second kappa shape index (κ2) is 8.67. The largest absolute Gasteiger partial charge is 0.375 e.